The first-order valence-corrected chi connectivity index (χ1v) is 12.4. The number of hydrogen-bond acceptors (Lipinski definition) is 5. The molecule has 0 radical (unpaired) electrons. The van der Waals surface area contributed by atoms with Gasteiger partial charge in [-0.1, -0.05) is 12.5 Å². The molecule has 3 fully saturated rings. The van der Waals surface area contributed by atoms with E-state index in [-0.39, 0.29) is 53.5 Å². The Morgan fingerprint density at radius 1 is 1.25 bits per heavy atom. The normalized spacial score (nSPS) is 26.3. The molecular weight excluding hydrogens is 474 g/mol. The van der Waals surface area contributed by atoms with Gasteiger partial charge in [-0.3, -0.25) is 14.4 Å². The van der Waals surface area contributed by atoms with Crippen molar-refractivity contribution in [2.45, 2.75) is 50.8 Å². The predicted octanol–water partition coefficient (Wildman–Crippen LogP) is 2.01. The van der Waals surface area contributed by atoms with Crippen molar-refractivity contribution in [2.75, 3.05) is 19.7 Å². The maximum Gasteiger partial charge on any atom is 0.387 e. The van der Waals surface area contributed by atoms with Gasteiger partial charge >= 0.3 is 6.61 Å². The monoisotopic (exact) mass is 504 g/mol. The lowest BCUT2D eigenvalue weighted by Crippen LogP contribution is -2.52. The van der Waals surface area contributed by atoms with Crippen LogP contribution in [-0.4, -0.2) is 71.1 Å². The molecule has 5 rings (SSSR count). The van der Waals surface area contributed by atoms with Gasteiger partial charge < -0.3 is 30.4 Å². The number of amides is 3. The number of likely N-dealkylation sites (tertiary alicyclic amines) is 1. The van der Waals surface area contributed by atoms with E-state index < -0.39 is 18.7 Å². The second-order valence-electron chi connectivity index (χ2n) is 9.94. The summed E-state index contributed by atoms with van der Waals surface area (Å²) >= 11 is 0. The zero-order valence-corrected chi connectivity index (χ0v) is 19.7. The van der Waals surface area contributed by atoms with Crippen LogP contribution in [0.5, 0.6) is 5.75 Å². The number of aliphatic hydroxyl groups excluding tert-OH is 1. The lowest BCUT2D eigenvalue weighted by atomic mass is 9.92. The van der Waals surface area contributed by atoms with Gasteiger partial charge in [0.1, 0.15) is 17.5 Å². The molecule has 4 N–H and O–H groups in total. The molecule has 36 heavy (non-hydrogen) atoms. The zero-order valence-electron chi connectivity index (χ0n) is 19.7. The SMILES string of the molecule is O=C1NCCC1CC(CO)NC(=O)C1C2CCCC2CN1C(=O)c1cc2c(OC(F)F)cccc2[nH]1. The number of aromatic amines is 1. The molecule has 2 aliphatic heterocycles. The Morgan fingerprint density at radius 2 is 2.08 bits per heavy atom. The number of halogens is 2. The summed E-state index contributed by atoms with van der Waals surface area (Å²) < 4.78 is 30.2. The fraction of sp³-hybridized carbons (Fsp3) is 0.560. The van der Waals surface area contributed by atoms with Crippen LogP contribution in [-0.2, 0) is 9.59 Å². The zero-order chi connectivity index (χ0) is 25.4. The molecule has 11 heteroatoms. The number of aromatic nitrogens is 1. The summed E-state index contributed by atoms with van der Waals surface area (Å²) in [7, 11) is 0. The highest BCUT2D eigenvalue weighted by Crippen LogP contribution is 2.43. The van der Waals surface area contributed by atoms with Gasteiger partial charge in [0.25, 0.3) is 5.91 Å². The maximum atomic E-state index is 13.6. The van der Waals surface area contributed by atoms with E-state index in [4.69, 9.17) is 0 Å². The number of fused-ring (bicyclic) bond motifs is 2. The number of nitrogens with zero attached hydrogens (tertiary/aromatic N) is 1. The fourth-order valence-electron chi connectivity index (χ4n) is 6.13. The van der Waals surface area contributed by atoms with Gasteiger partial charge in [-0.05, 0) is 55.7 Å². The van der Waals surface area contributed by atoms with Crippen molar-refractivity contribution < 1.29 is 33.0 Å². The largest absolute Gasteiger partial charge is 0.434 e. The first kappa shape index (κ1) is 24.5. The van der Waals surface area contributed by atoms with Crippen LogP contribution in [0.1, 0.15) is 42.6 Å². The van der Waals surface area contributed by atoms with Crippen molar-refractivity contribution in [2.24, 2.45) is 17.8 Å². The Bertz CT molecular complexity index is 1150. The van der Waals surface area contributed by atoms with Crippen molar-refractivity contribution in [3.05, 3.63) is 30.0 Å². The molecule has 2 aromatic rings. The number of nitrogens with one attached hydrogen (secondary N) is 3. The van der Waals surface area contributed by atoms with Crippen LogP contribution in [0.15, 0.2) is 24.3 Å². The fourth-order valence-corrected chi connectivity index (χ4v) is 6.13. The minimum absolute atomic E-state index is 0.00479. The number of alkyl halides is 2. The molecule has 3 heterocycles. The minimum Gasteiger partial charge on any atom is -0.434 e. The molecule has 5 atom stereocenters. The van der Waals surface area contributed by atoms with Crippen molar-refractivity contribution in [3.63, 3.8) is 0 Å². The van der Waals surface area contributed by atoms with Gasteiger partial charge in [-0.15, -0.1) is 0 Å². The van der Waals surface area contributed by atoms with Crippen LogP contribution in [0.3, 0.4) is 0 Å². The van der Waals surface area contributed by atoms with E-state index in [1.54, 1.807) is 17.0 Å². The molecular formula is C25H30F2N4O5. The molecule has 1 aromatic heterocycles. The molecule has 0 spiro atoms. The van der Waals surface area contributed by atoms with E-state index in [1.807, 2.05) is 0 Å². The Hall–Kier alpha value is -3.21. The summed E-state index contributed by atoms with van der Waals surface area (Å²) in [6.45, 7) is -2.30. The van der Waals surface area contributed by atoms with Crippen LogP contribution in [0.2, 0.25) is 0 Å². The summed E-state index contributed by atoms with van der Waals surface area (Å²) in [5.41, 5.74) is 0.668. The van der Waals surface area contributed by atoms with Crippen LogP contribution in [0.25, 0.3) is 10.9 Å². The smallest absolute Gasteiger partial charge is 0.387 e. The van der Waals surface area contributed by atoms with Crippen molar-refractivity contribution >= 4 is 28.6 Å². The Morgan fingerprint density at radius 3 is 2.81 bits per heavy atom. The number of hydrogen-bond donors (Lipinski definition) is 4. The molecule has 5 unspecified atom stereocenters. The average molecular weight is 505 g/mol. The standard InChI is InChI=1S/C25H30F2N4O5/c26-25(27)36-20-6-2-5-18-17(20)10-19(30-18)24(35)31-11-14-3-1-4-16(14)21(31)23(34)29-15(12-32)9-13-7-8-28-22(13)33/h2,5-6,10,13-16,21,25,30,32H,1,3-4,7-9,11-12H2,(H,28,33)(H,29,34). The van der Waals surface area contributed by atoms with Crippen molar-refractivity contribution in [3.8, 4) is 5.75 Å². The Labute approximate surface area is 206 Å². The van der Waals surface area contributed by atoms with Gasteiger partial charge in [0, 0.05) is 29.9 Å². The third kappa shape index (κ3) is 4.63. The molecule has 1 aliphatic carbocycles. The number of H-pyrrole nitrogens is 1. The number of carbonyl (C=O) groups is 3. The third-order valence-electron chi connectivity index (χ3n) is 7.79. The highest BCUT2D eigenvalue weighted by molar-refractivity contribution is 6.02. The first-order valence-electron chi connectivity index (χ1n) is 12.4. The van der Waals surface area contributed by atoms with Crippen LogP contribution >= 0.6 is 0 Å². The summed E-state index contributed by atoms with van der Waals surface area (Å²) in [6.07, 6.45) is 3.70. The first-order chi connectivity index (χ1) is 17.4. The number of benzene rings is 1. The summed E-state index contributed by atoms with van der Waals surface area (Å²) in [4.78, 5) is 43.6. The Kier molecular flexibility index (Phi) is 6.83. The van der Waals surface area contributed by atoms with Crippen LogP contribution < -0.4 is 15.4 Å². The number of carbonyl (C=O) groups excluding carboxylic acids is 3. The molecule has 0 bridgehead atoms. The highest BCUT2D eigenvalue weighted by Gasteiger charge is 2.50. The second kappa shape index (κ2) is 10.0. The molecule has 1 aromatic carbocycles. The van der Waals surface area contributed by atoms with E-state index >= 15 is 0 Å². The van der Waals surface area contributed by atoms with Crippen molar-refractivity contribution in [1.82, 2.24) is 20.5 Å². The average Bonchev–Trinajstić information content (AvgIpc) is 3.61. The molecule has 194 valence electrons. The lowest BCUT2D eigenvalue weighted by Gasteiger charge is -2.29. The Balaban J connectivity index is 1.36. The van der Waals surface area contributed by atoms with E-state index in [2.05, 4.69) is 20.4 Å². The molecule has 3 amide bonds. The highest BCUT2D eigenvalue weighted by atomic mass is 19.3. The molecule has 9 nitrogen and oxygen atoms in total. The summed E-state index contributed by atoms with van der Waals surface area (Å²) in [5, 5.41) is 15.9. The van der Waals surface area contributed by atoms with E-state index in [1.165, 1.54) is 12.1 Å². The number of ether oxygens (including phenoxy) is 1. The van der Waals surface area contributed by atoms with Gasteiger partial charge in [0.05, 0.1) is 12.6 Å². The molecule has 3 aliphatic rings. The topological polar surface area (TPSA) is 124 Å². The van der Waals surface area contributed by atoms with E-state index in [9.17, 15) is 28.3 Å². The lowest BCUT2D eigenvalue weighted by molar-refractivity contribution is -0.128. The quantitative estimate of drug-likeness (QED) is 0.438. The van der Waals surface area contributed by atoms with Gasteiger partial charge in [-0.25, -0.2) is 0 Å². The van der Waals surface area contributed by atoms with Crippen LogP contribution in [0.4, 0.5) is 8.78 Å². The number of rotatable bonds is 8. The van der Waals surface area contributed by atoms with Gasteiger partial charge in [0.2, 0.25) is 11.8 Å². The van der Waals surface area contributed by atoms with Crippen LogP contribution in [0, 0.1) is 17.8 Å². The van der Waals surface area contributed by atoms with E-state index in [0.717, 1.165) is 19.3 Å². The molecule has 2 saturated heterocycles. The third-order valence-corrected chi connectivity index (χ3v) is 7.79. The van der Waals surface area contributed by atoms with Gasteiger partial charge in [0.15, 0.2) is 0 Å². The summed E-state index contributed by atoms with van der Waals surface area (Å²) in [6, 6.07) is 4.81. The maximum absolute atomic E-state index is 13.6. The van der Waals surface area contributed by atoms with Gasteiger partial charge in [-0.2, -0.15) is 8.78 Å². The van der Waals surface area contributed by atoms with E-state index in [0.29, 0.717) is 36.8 Å². The van der Waals surface area contributed by atoms with Crippen molar-refractivity contribution in [1.29, 1.82) is 0 Å². The second-order valence-corrected chi connectivity index (χ2v) is 9.94. The molecule has 1 saturated carbocycles. The predicted molar refractivity (Wildman–Crippen MR) is 125 cm³/mol. The minimum atomic E-state index is -2.99. The summed E-state index contributed by atoms with van der Waals surface area (Å²) in [5.74, 6) is -0.908. The number of aliphatic hydroxyl groups is 1.